The van der Waals surface area contributed by atoms with Crippen LogP contribution in [0.2, 0.25) is 0 Å². The Bertz CT molecular complexity index is 48.6. The van der Waals surface area contributed by atoms with E-state index in [4.69, 9.17) is 0 Å². The Morgan fingerprint density at radius 1 is 1.43 bits per heavy atom. The van der Waals surface area contributed by atoms with E-state index >= 15 is 0 Å². The fraction of sp³-hybridized carbons (Fsp3) is 1.00. The van der Waals surface area contributed by atoms with Crippen LogP contribution >= 0.6 is 11.8 Å². The molecule has 44 valence electrons. The number of hydrogen-bond donors (Lipinski definition) is 0. The van der Waals surface area contributed by atoms with Crippen LogP contribution in [0, 0.1) is 0 Å². The van der Waals surface area contributed by atoms with Gasteiger partial charge in [0.15, 0.2) is 0 Å². The first-order valence-corrected chi connectivity index (χ1v) is 3.01. The molecule has 0 heterocycles. The van der Waals surface area contributed by atoms with E-state index in [1.165, 1.54) is 6.26 Å². The maximum atomic E-state index is 11.0. The molecular formula is C3H5F3S. The van der Waals surface area contributed by atoms with Crippen molar-refractivity contribution >= 4 is 11.8 Å². The van der Waals surface area contributed by atoms with E-state index in [2.05, 4.69) is 0 Å². The van der Waals surface area contributed by atoms with Crippen molar-refractivity contribution in [2.24, 2.45) is 0 Å². The third-order valence-electron chi connectivity index (χ3n) is 0.308. The van der Waals surface area contributed by atoms with Gasteiger partial charge in [0, 0.05) is 0 Å². The van der Waals surface area contributed by atoms with Crippen LogP contribution in [0.4, 0.5) is 13.2 Å². The van der Waals surface area contributed by atoms with Crippen LogP contribution in [0.25, 0.3) is 0 Å². The Labute approximate surface area is 44.1 Å². The molecule has 0 aliphatic rings. The summed E-state index contributed by atoms with van der Waals surface area (Å²) in [7, 11) is 0. The van der Waals surface area contributed by atoms with E-state index in [9.17, 15) is 13.2 Å². The van der Waals surface area contributed by atoms with Gasteiger partial charge < -0.3 is 0 Å². The Morgan fingerprint density at radius 3 is 1.86 bits per heavy atom. The lowest BCUT2D eigenvalue weighted by Crippen LogP contribution is -2.09. The van der Waals surface area contributed by atoms with E-state index in [0.717, 1.165) is 11.8 Å². The van der Waals surface area contributed by atoms with Crippen molar-refractivity contribution < 1.29 is 13.2 Å². The first kappa shape index (κ1) is 7.14. The lowest BCUT2D eigenvalue weighted by Gasteiger charge is -1.99. The average Bonchev–Trinajstić information content (AvgIpc) is 1.30. The molecule has 0 nitrogen and oxygen atoms in total. The second-order valence-corrected chi connectivity index (χ2v) is 1.91. The number of alkyl halides is 3. The summed E-state index contributed by atoms with van der Waals surface area (Å²) in [5, 5.41) is 0. The van der Waals surface area contributed by atoms with Crippen molar-refractivity contribution in [3.8, 4) is 0 Å². The van der Waals surface area contributed by atoms with Gasteiger partial charge in [-0.2, -0.15) is 24.9 Å². The van der Waals surface area contributed by atoms with Gasteiger partial charge in [-0.15, -0.1) is 0 Å². The van der Waals surface area contributed by atoms with E-state index in [1.807, 2.05) is 0 Å². The van der Waals surface area contributed by atoms with Gasteiger partial charge in [0.05, 0.1) is 5.75 Å². The zero-order valence-electron chi connectivity index (χ0n) is 3.75. The molecule has 0 saturated carbocycles. The number of thioether (sulfide) groups is 1. The van der Waals surface area contributed by atoms with Gasteiger partial charge >= 0.3 is 6.18 Å². The Morgan fingerprint density at radius 2 is 1.86 bits per heavy atom. The molecule has 0 saturated heterocycles. The molecule has 0 spiro atoms. The fourth-order valence-corrected chi connectivity index (χ4v) is 0.491. The summed E-state index contributed by atoms with van der Waals surface area (Å²) >= 11 is 0.784. The maximum Gasteiger partial charge on any atom is 0.397 e. The predicted molar refractivity (Wildman–Crippen MR) is 24.4 cm³/mol. The van der Waals surface area contributed by atoms with E-state index in [0.29, 0.717) is 0 Å². The molecule has 0 radical (unpaired) electrons. The fourth-order valence-electron chi connectivity index (χ4n) is 0.164. The zero-order chi connectivity index (χ0) is 5.91. The molecule has 0 aromatic rings. The smallest absolute Gasteiger partial charge is 0.170 e. The second-order valence-electron chi connectivity index (χ2n) is 1.05. The van der Waals surface area contributed by atoms with Crippen molar-refractivity contribution in [2.75, 3.05) is 12.0 Å². The molecule has 0 bridgehead atoms. The van der Waals surface area contributed by atoms with Crippen molar-refractivity contribution in [1.82, 2.24) is 0 Å². The number of hydrogen-bond acceptors (Lipinski definition) is 1. The van der Waals surface area contributed by atoms with Crippen LogP contribution in [0.1, 0.15) is 0 Å². The highest BCUT2D eigenvalue weighted by molar-refractivity contribution is 7.98. The van der Waals surface area contributed by atoms with Crippen LogP contribution in [0.5, 0.6) is 0 Å². The molecule has 0 aromatic heterocycles. The third-order valence-corrected chi connectivity index (χ3v) is 0.924. The summed E-state index contributed by atoms with van der Waals surface area (Å²) in [4.78, 5) is 0. The minimum Gasteiger partial charge on any atom is -0.170 e. The number of halogens is 3. The lowest BCUT2D eigenvalue weighted by molar-refractivity contribution is -0.105. The standard InChI is InChI=1S/C3H5F3S/c1-7-2-3(4,5)6/h2H2,1H3. The van der Waals surface area contributed by atoms with Gasteiger partial charge in [-0.25, -0.2) is 0 Å². The Kier molecular flexibility index (Phi) is 2.50. The monoisotopic (exact) mass is 130 g/mol. The highest BCUT2D eigenvalue weighted by Crippen LogP contribution is 2.18. The summed E-state index contributed by atoms with van der Waals surface area (Å²) in [6, 6.07) is 0. The first-order chi connectivity index (χ1) is 3.06. The SMILES string of the molecule is CSCC(F)(F)F. The summed E-state index contributed by atoms with van der Waals surface area (Å²) in [6.45, 7) is 0. The van der Waals surface area contributed by atoms with Crippen molar-refractivity contribution in [3.05, 3.63) is 0 Å². The average molecular weight is 130 g/mol. The molecule has 4 heteroatoms. The molecule has 0 amide bonds. The van der Waals surface area contributed by atoms with Crippen LogP contribution in [-0.2, 0) is 0 Å². The van der Waals surface area contributed by atoms with Crippen LogP contribution in [-0.4, -0.2) is 18.2 Å². The van der Waals surface area contributed by atoms with E-state index in [1.54, 1.807) is 0 Å². The molecule has 0 unspecified atom stereocenters. The quantitative estimate of drug-likeness (QED) is 0.522. The summed E-state index contributed by atoms with van der Waals surface area (Å²) in [6.07, 6.45) is -2.56. The molecule has 0 aliphatic carbocycles. The molecule has 0 fully saturated rings. The molecule has 0 N–H and O–H groups in total. The van der Waals surface area contributed by atoms with Crippen LogP contribution in [0.15, 0.2) is 0 Å². The van der Waals surface area contributed by atoms with Crippen molar-refractivity contribution in [3.63, 3.8) is 0 Å². The van der Waals surface area contributed by atoms with E-state index < -0.39 is 11.9 Å². The normalized spacial score (nSPS) is 12.0. The van der Waals surface area contributed by atoms with Gasteiger partial charge in [-0.3, -0.25) is 0 Å². The van der Waals surface area contributed by atoms with Gasteiger partial charge in [0.1, 0.15) is 0 Å². The molecular weight excluding hydrogens is 125 g/mol. The predicted octanol–water partition coefficient (Wildman–Crippen LogP) is 1.91. The minimum atomic E-state index is -3.99. The van der Waals surface area contributed by atoms with Gasteiger partial charge in [0.2, 0.25) is 0 Å². The van der Waals surface area contributed by atoms with Gasteiger partial charge in [-0.1, -0.05) is 0 Å². The number of rotatable bonds is 1. The highest BCUT2D eigenvalue weighted by Gasteiger charge is 2.25. The molecule has 0 rings (SSSR count). The first-order valence-electron chi connectivity index (χ1n) is 1.62. The second kappa shape index (κ2) is 2.45. The zero-order valence-corrected chi connectivity index (χ0v) is 4.57. The van der Waals surface area contributed by atoms with Crippen molar-refractivity contribution in [2.45, 2.75) is 6.18 Å². The highest BCUT2D eigenvalue weighted by atomic mass is 32.2. The third kappa shape index (κ3) is 6.14. The maximum absolute atomic E-state index is 11.0. The molecule has 0 aliphatic heterocycles. The van der Waals surface area contributed by atoms with Crippen LogP contribution in [0.3, 0.4) is 0 Å². The molecule has 0 aromatic carbocycles. The molecule has 0 atom stereocenters. The summed E-state index contributed by atoms with van der Waals surface area (Å²) in [5.41, 5.74) is 0. The summed E-state index contributed by atoms with van der Waals surface area (Å²) in [5.74, 6) is -0.743. The topological polar surface area (TPSA) is 0 Å². The minimum absolute atomic E-state index is 0.743. The lowest BCUT2D eigenvalue weighted by atomic mass is 10.8. The van der Waals surface area contributed by atoms with Crippen molar-refractivity contribution in [1.29, 1.82) is 0 Å². The largest absolute Gasteiger partial charge is 0.397 e. The van der Waals surface area contributed by atoms with Gasteiger partial charge in [0.25, 0.3) is 0 Å². The Balaban J connectivity index is 3.15. The van der Waals surface area contributed by atoms with Gasteiger partial charge in [-0.05, 0) is 6.26 Å². The summed E-state index contributed by atoms with van der Waals surface area (Å²) < 4.78 is 33.1. The Hall–Kier alpha value is 0.140. The van der Waals surface area contributed by atoms with E-state index in [-0.39, 0.29) is 0 Å². The van der Waals surface area contributed by atoms with Crippen LogP contribution < -0.4 is 0 Å². The molecule has 7 heavy (non-hydrogen) atoms.